The van der Waals surface area contributed by atoms with Crippen LogP contribution in [0, 0.1) is 5.82 Å². The van der Waals surface area contributed by atoms with E-state index in [9.17, 15) is 4.39 Å². The van der Waals surface area contributed by atoms with Crippen LogP contribution < -0.4 is 10.1 Å². The largest absolute Gasteiger partial charge is 0.489 e. The summed E-state index contributed by atoms with van der Waals surface area (Å²) in [5, 5.41) is 3.34. The Morgan fingerprint density at radius 2 is 2.05 bits per heavy atom. The average molecular weight is 257 g/mol. The predicted molar refractivity (Wildman–Crippen MR) is 72.6 cm³/mol. The van der Waals surface area contributed by atoms with E-state index in [1.807, 2.05) is 12.1 Å². The third-order valence-corrected chi connectivity index (χ3v) is 3.36. The predicted octanol–water partition coefficient (Wildman–Crippen LogP) is 3.05. The summed E-state index contributed by atoms with van der Waals surface area (Å²) < 4.78 is 18.8. The van der Waals surface area contributed by atoms with Crippen LogP contribution in [-0.4, -0.2) is 6.54 Å². The molecule has 0 spiro atoms. The maximum absolute atomic E-state index is 13.1. The standard InChI is InChI=1S/C16H16FNO/c17-15-3-1-2-12(8-15)11-19-16-5-4-13-6-7-18-10-14(13)9-16/h1-5,8-9,18H,6-7,10-11H2. The molecule has 1 N–H and O–H groups in total. The van der Waals surface area contributed by atoms with Gasteiger partial charge in [-0.15, -0.1) is 0 Å². The van der Waals surface area contributed by atoms with Gasteiger partial charge in [-0.05, 0) is 53.9 Å². The molecule has 1 heterocycles. The molecule has 0 saturated carbocycles. The first-order valence-corrected chi connectivity index (χ1v) is 6.51. The van der Waals surface area contributed by atoms with Crippen molar-refractivity contribution in [3.8, 4) is 5.75 Å². The molecule has 0 fully saturated rings. The van der Waals surface area contributed by atoms with Crippen LogP contribution in [0.15, 0.2) is 42.5 Å². The van der Waals surface area contributed by atoms with Gasteiger partial charge in [0, 0.05) is 6.54 Å². The van der Waals surface area contributed by atoms with E-state index in [0.717, 1.165) is 30.8 Å². The Balaban J connectivity index is 1.70. The molecule has 2 aromatic carbocycles. The van der Waals surface area contributed by atoms with Crippen molar-refractivity contribution in [2.24, 2.45) is 0 Å². The van der Waals surface area contributed by atoms with Crippen molar-refractivity contribution >= 4 is 0 Å². The molecule has 0 radical (unpaired) electrons. The maximum atomic E-state index is 13.1. The van der Waals surface area contributed by atoms with Gasteiger partial charge in [0.1, 0.15) is 18.2 Å². The molecule has 0 bridgehead atoms. The van der Waals surface area contributed by atoms with Crippen molar-refractivity contribution in [2.75, 3.05) is 6.54 Å². The highest BCUT2D eigenvalue weighted by Gasteiger charge is 2.09. The molecule has 0 aromatic heterocycles. The van der Waals surface area contributed by atoms with Crippen molar-refractivity contribution in [2.45, 2.75) is 19.6 Å². The molecule has 1 aliphatic rings. The van der Waals surface area contributed by atoms with E-state index in [-0.39, 0.29) is 5.82 Å². The van der Waals surface area contributed by atoms with Gasteiger partial charge < -0.3 is 10.1 Å². The minimum Gasteiger partial charge on any atom is -0.489 e. The van der Waals surface area contributed by atoms with Gasteiger partial charge in [-0.1, -0.05) is 18.2 Å². The molecule has 3 heteroatoms. The lowest BCUT2D eigenvalue weighted by Crippen LogP contribution is -2.23. The normalized spacial score (nSPS) is 13.9. The van der Waals surface area contributed by atoms with Gasteiger partial charge in [0.15, 0.2) is 0 Å². The Hall–Kier alpha value is -1.87. The quantitative estimate of drug-likeness (QED) is 0.912. The van der Waals surface area contributed by atoms with E-state index < -0.39 is 0 Å². The van der Waals surface area contributed by atoms with Crippen LogP contribution in [0.2, 0.25) is 0 Å². The molecule has 98 valence electrons. The smallest absolute Gasteiger partial charge is 0.123 e. The Bertz CT molecular complexity index is 583. The van der Waals surface area contributed by atoms with Gasteiger partial charge in [0.25, 0.3) is 0 Å². The average Bonchev–Trinajstić information content (AvgIpc) is 2.45. The summed E-state index contributed by atoms with van der Waals surface area (Å²) in [7, 11) is 0. The lowest BCUT2D eigenvalue weighted by molar-refractivity contribution is 0.305. The summed E-state index contributed by atoms with van der Waals surface area (Å²) in [5.41, 5.74) is 3.52. The Labute approximate surface area is 112 Å². The summed E-state index contributed by atoms with van der Waals surface area (Å²) >= 11 is 0. The third kappa shape index (κ3) is 2.93. The fraction of sp³-hybridized carbons (Fsp3) is 0.250. The molecule has 0 saturated heterocycles. The summed E-state index contributed by atoms with van der Waals surface area (Å²) in [6.45, 7) is 2.33. The van der Waals surface area contributed by atoms with Gasteiger partial charge in [0.05, 0.1) is 0 Å². The first kappa shape index (κ1) is 12.2. The highest BCUT2D eigenvalue weighted by Crippen LogP contribution is 2.21. The lowest BCUT2D eigenvalue weighted by atomic mass is 10.0. The molecular formula is C16H16FNO. The van der Waals surface area contributed by atoms with E-state index in [1.165, 1.54) is 23.3 Å². The van der Waals surface area contributed by atoms with Gasteiger partial charge in [-0.3, -0.25) is 0 Å². The van der Waals surface area contributed by atoms with Gasteiger partial charge in [0.2, 0.25) is 0 Å². The first-order chi connectivity index (χ1) is 9.31. The van der Waals surface area contributed by atoms with Crippen molar-refractivity contribution < 1.29 is 9.13 Å². The number of fused-ring (bicyclic) bond motifs is 1. The second kappa shape index (κ2) is 5.41. The summed E-state index contributed by atoms with van der Waals surface area (Å²) in [5.74, 6) is 0.613. The topological polar surface area (TPSA) is 21.3 Å². The minimum absolute atomic E-state index is 0.226. The highest BCUT2D eigenvalue weighted by molar-refractivity contribution is 5.37. The van der Waals surface area contributed by atoms with Crippen molar-refractivity contribution in [1.29, 1.82) is 0 Å². The summed E-state index contributed by atoms with van der Waals surface area (Å²) in [6.07, 6.45) is 1.07. The Morgan fingerprint density at radius 3 is 2.95 bits per heavy atom. The fourth-order valence-electron chi connectivity index (χ4n) is 2.34. The Morgan fingerprint density at radius 1 is 1.11 bits per heavy atom. The van der Waals surface area contributed by atoms with Crippen LogP contribution in [0.4, 0.5) is 4.39 Å². The molecule has 3 rings (SSSR count). The van der Waals surface area contributed by atoms with Crippen LogP contribution in [-0.2, 0) is 19.6 Å². The molecule has 0 amide bonds. The van der Waals surface area contributed by atoms with Crippen LogP contribution >= 0.6 is 0 Å². The summed E-state index contributed by atoms with van der Waals surface area (Å²) in [6, 6.07) is 12.7. The molecule has 0 aliphatic carbocycles. The third-order valence-electron chi connectivity index (χ3n) is 3.36. The molecule has 1 aliphatic heterocycles. The number of halogens is 1. The Kier molecular flexibility index (Phi) is 3.47. The molecule has 2 aromatic rings. The van der Waals surface area contributed by atoms with Gasteiger partial charge in [-0.2, -0.15) is 0 Å². The molecule has 0 unspecified atom stereocenters. The number of nitrogens with one attached hydrogen (secondary N) is 1. The second-order valence-electron chi connectivity index (χ2n) is 4.78. The van der Waals surface area contributed by atoms with Crippen molar-refractivity contribution in [3.63, 3.8) is 0 Å². The van der Waals surface area contributed by atoms with Crippen LogP contribution in [0.5, 0.6) is 5.75 Å². The van der Waals surface area contributed by atoms with E-state index in [2.05, 4.69) is 17.4 Å². The maximum Gasteiger partial charge on any atom is 0.123 e. The number of hydrogen-bond acceptors (Lipinski definition) is 2. The fourth-order valence-corrected chi connectivity index (χ4v) is 2.34. The molecule has 19 heavy (non-hydrogen) atoms. The van der Waals surface area contributed by atoms with Crippen molar-refractivity contribution in [1.82, 2.24) is 5.32 Å². The van der Waals surface area contributed by atoms with Crippen LogP contribution in [0.25, 0.3) is 0 Å². The van der Waals surface area contributed by atoms with E-state index in [4.69, 9.17) is 4.74 Å². The van der Waals surface area contributed by atoms with Gasteiger partial charge in [-0.25, -0.2) is 4.39 Å². The SMILES string of the molecule is Fc1cccc(COc2ccc3c(c2)CNCC3)c1. The van der Waals surface area contributed by atoms with E-state index in [0.29, 0.717) is 6.61 Å². The number of hydrogen-bond donors (Lipinski definition) is 1. The molecule has 0 atom stereocenters. The molecular weight excluding hydrogens is 241 g/mol. The number of rotatable bonds is 3. The van der Waals surface area contributed by atoms with Crippen LogP contribution in [0.3, 0.4) is 0 Å². The summed E-state index contributed by atoms with van der Waals surface area (Å²) in [4.78, 5) is 0. The second-order valence-corrected chi connectivity index (χ2v) is 4.78. The van der Waals surface area contributed by atoms with E-state index >= 15 is 0 Å². The monoisotopic (exact) mass is 257 g/mol. The number of ether oxygens (including phenoxy) is 1. The number of benzene rings is 2. The van der Waals surface area contributed by atoms with Gasteiger partial charge >= 0.3 is 0 Å². The zero-order valence-electron chi connectivity index (χ0n) is 10.7. The van der Waals surface area contributed by atoms with E-state index in [1.54, 1.807) is 6.07 Å². The zero-order chi connectivity index (χ0) is 13.1. The zero-order valence-corrected chi connectivity index (χ0v) is 10.7. The first-order valence-electron chi connectivity index (χ1n) is 6.51. The minimum atomic E-state index is -0.226. The van der Waals surface area contributed by atoms with Crippen LogP contribution in [0.1, 0.15) is 16.7 Å². The van der Waals surface area contributed by atoms with Crippen molar-refractivity contribution in [3.05, 3.63) is 65.0 Å². The lowest BCUT2D eigenvalue weighted by Gasteiger charge is -2.18. The highest BCUT2D eigenvalue weighted by atomic mass is 19.1. The molecule has 2 nitrogen and oxygen atoms in total.